The van der Waals surface area contributed by atoms with Crippen molar-refractivity contribution >= 4 is 17.4 Å². The Morgan fingerprint density at radius 2 is 2.00 bits per heavy atom. The van der Waals surface area contributed by atoms with Gasteiger partial charge in [0.15, 0.2) is 11.6 Å². The second kappa shape index (κ2) is 4.97. The Balaban J connectivity index is 2.07. The molecule has 2 aromatic rings. The highest BCUT2D eigenvalue weighted by atomic mass is 35.5. The van der Waals surface area contributed by atoms with E-state index in [1.54, 1.807) is 24.3 Å². The van der Waals surface area contributed by atoms with Gasteiger partial charge < -0.3 is 10.4 Å². The van der Waals surface area contributed by atoms with E-state index in [2.05, 4.69) is 15.3 Å². The molecule has 0 saturated carbocycles. The Bertz CT molecular complexity index is 519. The molecule has 4 nitrogen and oxygen atoms in total. The van der Waals surface area contributed by atoms with Crippen molar-refractivity contribution in [2.24, 2.45) is 0 Å². The zero-order valence-corrected chi connectivity index (χ0v) is 9.45. The van der Waals surface area contributed by atoms with Crippen LogP contribution in [0.5, 0.6) is 5.75 Å². The monoisotopic (exact) mass is 253 g/mol. The van der Waals surface area contributed by atoms with Crippen molar-refractivity contribution in [2.75, 3.05) is 5.32 Å². The molecule has 6 heteroatoms. The summed E-state index contributed by atoms with van der Waals surface area (Å²) in [5.74, 6) is -0.323. The normalized spacial score (nSPS) is 10.2. The first-order valence-electron chi connectivity index (χ1n) is 4.85. The molecule has 2 rings (SSSR count). The molecule has 0 atom stereocenters. The van der Waals surface area contributed by atoms with Gasteiger partial charge in [0.05, 0.1) is 6.20 Å². The zero-order valence-electron chi connectivity index (χ0n) is 8.69. The maximum Gasteiger partial charge on any atom is 0.224 e. The number of hydrogen-bond acceptors (Lipinski definition) is 4. The SMILES string of the molecule is Oc1ccc(CNc2nc(Cl)ncc2F)cc1. The molecule has 0 amide bonds. The van der Waals surface area contributed by atoms with Gasteiger partial charge in [0.25, 0.3) is 0 Å². The van der Waals surface area contributed by atoms with Crippen LogP contribution >= 0.6 is 11.6 Å². The number of phenolic OH excluding ortho intramolecular Hbond substituents is 1. The van der Waals surface area contributed by atoms with E-state index in [9.17, 15) is 4.39 Å². The van der Waals surface area contributed by atoms with E-state index < -0.39 is 5.82 Å². The Hall–Kier alpha value is -1.88. The predicted molar refractivity (Wildman–Crippen MR) is 62.4 cm³/mol. The predicted octanol–water partition coefficient (Wildman–Crippen LogP) is 2.59. The molecule has 2 N–H and O–H groups in total. The number of phenols is 1. The standard InChI is InChI=1S/C11H9ClFN3O/c12-11-15-6-9(13)10(16-11)14-5-7-1-3-8(17)4-2-7/h1-4,6,17H,5H2,(H,14,15,16). The molecule has 0 unspecified atom stereocenters. The van der Waals surface area contributed by atoms with Crippen LogP contribution in [0.1, 0.15) is 5.56 Å². The highest BCUT2D eigenvalue weighted by molar-refractivity contribution is 6.28. The quantitative estimate of drug-likeness (QED) is 0.826. The van der Waals surface area contributed by atoms with Crippen LogP contribution in [0.15, 0.2) is 30.5 Å². The van der Waals surface area contributed by atoms with Gasteiger partial charge in [-0.05, 0) is 29.3 Å². The van der Waals surface area contributed by atoms with Crippen molar-refractivity contribution < 1.29 is 9.50 Å². The van der Waals surface area contributed by atoms with Crippen LogP contribution in [0.3, 0.4) is 0 Å². The molecule has 17 heavy (non-hydrogen) atoms. The van der Waals surface area contributed by atoms with E-state index in [0.29, 0.717) is 6.54 Å². The van der Waals surface area contributed by atoms with Gasteiger partial charge in [-0.1, -0.05) is 12.1 Å². The van der Waals surface area contributed by atoms with Crippen LogP contribution in [0.25, 0.3) is 0 Å². The number of aromatic hydroxyl groups is 1. The molecular weight excluding hydrogens is 245 g/mol. The van der Waals surface area contributed by atoms with E-state index in [4.69, 9.17) is 16.7 Å². The fourth-order valence-corrected chi connectivity index (χ4v) is 1.40. The molecule has 0 bridgehead atoms. The van der Waals surface area contributed by atoms with E-state index in [1.807, 2.05) is 0 Å². The highest BCUT2D eigenvalue weighted by Gasteiger charge is 2.05. The second-order valence-corrected chi connectivity index (χ2v) is 3.69. The minimum Gasteiger partial charge on any atom is -0.508 e. The third-order valence-corrected chi connectivity index (χ3v) is 2.29. The van der Waals surface area contributed by atoms with E-state index >= 15 is 0 Å². The second-order valence-electron chi connectivity index (χ2n) is 3.36. The Kier molecular flexibility index (Phi) is 3.39. The van der Waals surface area contributed by atoms with Crippen LogP contribution in [0, 0.1) is 5.82 Å². The number of nitrogens with zero attached hydrogens (tertiary/aromatic N) is 2. The average Bonchev–Trinajstić information content (AvgIpc) is 2.32. The molecule has 0 spiro atoms. The maximum absolute atomic E-state index is 13.3. The molecule has 0 fully saturated rings. The highest BCUT2D eigenvalue weighted by Crippen LogP contribution is 2.14. The summed E-state index contributed by atoms with van der Waals surface area (Å²) in [5.41, 5.74) is 0.886. The number of aromatic nitrogens is 2. The number of halogens is 2. The molecule has 1 aromatic carbocycles. The summed E-state index contributed by atoms with van der Waals surface area (Å²) in [6.07, 6.45) is 1.01. The Labute approximate surface area is 102 Å². The fraction of sp³-hybridized carbons (Fsp3) is 0.0909. The van der Waals surface area contributed by atoms with Crippen LogP contribution in [0.2, 0.25) is 5.28 Å². The van der Waals surface area contributed by atoms with Crippen LogP contribution in [0.4, 0.5) is 10.2 Å². The molecule has 0 aliphatic rings. The molecule has 0 saturated heterocycles. The lowest BCUT2D eigenvalue weighted by Crippen LogP contribution is -2.04. The zero-order chi connectivity index (χ0) is 12.3. The molecule has 0 aliphatic heterocycles. The third-order valence-electron chi connectivity index (χ3n) is 2.11. The van der Waals surface area contributed by atoms with Crippen molar-refractivity contribution in [1.29, 1.82) is 0 Å². The smallest absolute Gasteiger partial charge is 0.224 e. The lowest BCUT2D eigenvalue weighted by Gasteiger charge is -2.06. The van der Waals surface area contributed by atoms with Gasteiger partial charge in [-0.3, -0.25) is 0 Å². The van der Waals surface area contributed by atoms with Gasteiger partial charge in [-0.2, -0.15) is 4.98 Å². The summed E-state index contributed by atoms with van der Waals surface area (Å²) in [6.45, 7) is 0.380. The molecular formula is C11H9ClFN3O. The van der Waals surface area contributed by atoms with Crippen molar-refractivity contribution in [1.82, 2.24) is 9.97 Å². The third kappa shape index (κ3) is 3.04. The lowest BCUT2D eigenvalue weighted by atomic mass is 10.2. The summed E-state index contributed by atoms with van der Waals surface area (Å²) >= 11 is 5.56. The minimum absolute atomic E-state index is 0.0143. The van der Waals surface area contributed by atoms with Gasteiger partial charge in [-0.15, -0.1) is 0 Å². The minimum atomic E-state index is -0.562. The number of nitrogens with one attached hydrogen (secondary N) is 1. The molecule has 88 valence electrons. The summed E-state index contributed by atoms with van der Waals surface area (Å²) in [4.78, 5) is 7.24. The Morgan fingerprint density at radius 1 is 1.29 bits per heavy atom. The molecule has 1 heterocycles. The number of anilines is 1. The van der Waals surface area contributed by atoms with Crippen molar-refractivity contribution in [3.63, 3.8) is 0 Å². The lowest BCUT2D eigenvalue weighted by molar-refractivity contribution is 0.475. The summed E-state index contributed by atoms with van der Waals surface area (Å²) in [7, 11) is 0. The summed E-state index contributed by atoms with van der Waals surface area (Å²) in [6, 6.07) is 6.56. The number of benzene rings is 1. The van der Waals surface area contributed by atoms with E-state index in [0.717, 1.165) is 11.8 Å². The first-order valence-corrected chi connectivity index (χ1v) is 5.23. The van der Waals surface area contributed by atoms with Gasteiger partial charge >= 0.3 is 0 Å². The molecule has 0 radical (unpaired) electrons. The van der Waals surface area contributed by atoms with Crippen LogP contribution in [-0.4, -0.2) is 15.1 Å². The van der Waals surface area contributed by atoms with E-state index in [1.165, 1.54) is 0 Å². The van der Waals surface area contributed by atoms with Crippen molar-refractivity contribution in [3.05, 3.63) is 47.1 Å². The average molecular weight is 254 g/mol. The van der Waals surface area contributed by atoms with Crippen molar-refractivity contribution in [3.8, 4) is 5.75 Å². The van der Waals surface area contributed by atoms with Crippen LogP contribution in [-0.2, 0) is 6.54 Å². The van der Waals surface area contributed by atoms with Gasteiger partial charge in [0.1, 0.15) is 5.75 Å². The van der Waals surface area contributed by atoms with Gasteiger partial charge in [0, 0.05) is 6.54 Å². The first kappa shape index (κ1) is 11.6. The van der Waals surface area contributed by atoms with E-state index in [-0.39, 0.29) is 16.9 Å². The molecule has 1 aromatic heterocycles. The van der Waals surface area contributed by atoms with Crippen molar-refractivity contribution in [2.45, 2.75) is 6.54 Å². The fourth-order valence-electron chi connectivity index (χ4n) is 1.27. The van der Waals surface area contributed by atoms with Gasteiger partial charge in [0.2, 0.25) is 5.28 Å². The number of hydrogen-bond donors (Lipinski definition) is 2. The molecule has 0 aliphatic carbocycles. The van der Waals surface area contributed by atoms with Crippen LogP contribution < -0.4 is 5.32 Å². The summed E-state index contributed by atoms with van der Waals surface area (Å²) < 4.78 is 13.3. The topological polar surface area (TPSA) is 58.0 Å². The van der Waals surface area contributed by atoms with Gasteiger partial charge in [-0.25, -0.2) is 9.37 Å². The Morgan fingerprint density at radius 3 is 2.71 bits per heavy atom. The largest absolute Gasteiger partial charge is 0.508 e. The number of rotatable bonds is 3. The first-order chi connectivity index (χ1) is 8.15. The summed E-state index contributed by atoms with van der Waals surface area (Å²) in [5, 5.41) is 11.9. The maximum atomic E-state index is 13.3.